The molecular formula is C14H16Cl2N2O. The third-order valence-electron chi connectivity index (χ3n) is 2.94. The maximum absolute atomic E-state index is 6.23. The summed E-state index contributed by atoms with van der Waals surface area (Å²) in [6.45, 7) is 7.73. The Hall–Kier alpha value is -1.03. The van der Waals surface area contributed by atoms with E-state index < -0.39 is 0 Å². The molecule has 0 saturated heterocycles. The van der Waals surface area contributed by atoms with Crippen LogP contribution in [0, 0.1) is 0 Å². The van der Waals surface area contributed by atoms with Crippen LogP contribution in [-0.4, -0.2) is 36.7 Å². The molecule has 1 aliphatic rings. The molecule has 1 aromatic carbocycles. The maximum Gasteiger partial charge on any atom is 0.134 e. The highest BCUT2D eigenvalue weighted by Gasteiger charge is 2.25. The van der Waals surface area contributed by atoms with Crippen molar-refractivity contribution in [1.82, 2.24) is 4.90 Å². The van der Waals surface area contributed by atoms with Crippen LogP contribution >= 0.6 is 23.2 Å². The molecule has 2 rings (SSSR count). The summed E-state index contributed by atoms with van der Waals surface area (Å²) in [6.07, 6.45) is 1.67. The molecule has 0 amide bonds. The van der Waals surface area contributed by atoms with Gasteiger partial charge in [-0.05, 0) is 25.1 Å². The van der Waals surface area contributed by atoms with Crippen LogP contribution in [0.15, 0.2) is 35.8 Å². The van der Waals surface area contributed by atoms with E-state index in [-0.39, 0.29) is 6.23 Å². The predicted molar refractivity (Wildman–Crippen MR) is 80.2 cm³/mol. The molecule has 1 atom stereocenters. The molecule has 0 bridgehead atoms. The monoisotopic (exact) mass is 298 g/mol. The van der Waals surface area contributed by atoms with Gasteiger partial charge in [0, 0.05) is 17.1 Å². The Morgan fingerprint density at radius 3 is 3.00 bits per heavy atom. The summed E-state index contributed by atoms with van der Waals surface area (Å²) in [5.74, 6) is 0.859. The lowest BCUT2D eigenvalue weighted by atomic mass is 10.2. The number of hydrogen-bond acceptors (Lipinski definition) is 3. The number of hydrogen-bond donors (Lipinski definition) is 0. The Labute approximate surface area is 123 Å². The first-order valence-electron chi connectivity index (χ1n) is 6.12. The molecular weight excluding hydrogens is 283 g/mol. The first-order valence-corrected chi connectivity index (χ1v) is 6.88. The van der Waals surface area contributed by atoms with Crippen LogP contribution < -0.4 is 0 Å². The lowest BCUT2D eigenvalue weighted by Gasteiger charge is -2.27. The van der Waals surface area contributed by atoms with Crippen molar-refractivity contribution in [3.8, 4) is 0 Å². The van der Waals surface area contributed by atoms with Gasteiger partial charge in [-0.3, -0.25) is 4.99 Å². The molecule has 0 aliphatic carbocycles. The van der Waals surface area contributed by atoms with Crippen molar-refractivity contribution in [2.75, 3.05) is 19.7 Å². The third kappa shape index (κ3) is 3.30. The summed E-state index contributed by atoms with van der Waals surface area (Å²) in [5, 5.41) is 1.23. The van der Waals surface area contributed by atoms with Gasteiger partial charge in [-0.2, -0.15) is 0 Å². The zero-order valence-electron chi connectivity index (χ0n) is 10.8. The van der Waals surface area contributed by atoms with Gasteiger partial charge >= 0.3 is 0 Å². The number of benzene rings is 1. The van der Waals surface area contributed by atoms with Crippen molar-refractivity contribution < 1.29 is 4.74 Å². The van der Waals surface area contributed by atoms with Crippen LogP contribution in [0.3, 0.4) is 0 Å². The Morgan fingerprint density at radius 2 is 2.32 bits per heavy atom. The lowest BCUT2D eigenvalue weighted by molar-refractivity contribution is 0.00701. The standard InChI is InChI=1S/C14H16Cl2N2O/c1-3-8-19-10(2)18-7-6-17-14(18)12-5-4-11(15)9-13(12)16/h3-5,9-10H,1,6-8H2,2H3. The van der Waals surface area contributed by atoms with E-state index in [9.17, 15) is 0 Å². The molecule has 5 heteroatoms. The maximum atomic E-state index is 6.23. The molecule has 0 N–H and O–H groups in total. The third-order valence-corrected chi connectivity index (χ3v) is 3.49. The van der Waals surface area contributed by atoms with E-state index in [4.69, 9.17) is 27.9 Å². The van der Waals surface area contributed by atoms with Crippen LogP contribution in [0.25, 0.3) is 0 Å². The minimum absolute atomic E-state index is 0.0639. The minimum atomic E-state index is -0.0639. The molecule has 1 heterocycles. The average Bonchev–Trinajstić information content (AvgIpc) is 2.85. The molecule has 3 nitrogen and oxygen atoms in total. The number of amidine groups is 1. The fourth-order valence-corrected chi connectivity index (χ4v) is 2.52. The van der Waals surface area contributed by atoms with Crippen LogP contribution in [-0.2, 0) is 4.74 Å². The van der Waals surface area contributed by atoms with Gasteiger partial charge in [0.15, 0.2) is 0 Å². The van der Waals surface area contributed by atoms with E-state index in [2.05, 4.69) is 16.5 Å². The second-order valence-electron chi connectivity index (χ2n) is 4.24. The summed E-state index contributed by atoms with van der Waals surface area (Å²) < 4.78 is 5.65. The first kappa shape index (κ1) is 14.4. The summed E-state index contributed by atoms with van der Waals surface area (Å²) in [5.41, 5.74) is 0.887. The molecule has 1 aliphatic heterocycles. The van der Waals surface area contributed by atoms with Crippen molar-refractivity contribution in [3.05, 3.63) is 46.5 Å². The largest absolute Gasteiger partial charge is 0.355 e. The summed E-state index contributed by atoms with van der Waals surface area (Å²) >= 11 is 12.2. The van der Waals surface area contributed by atoms with Gasteiger partial charge in [0.05, 0.1) is 18.2 Å². The molecule has 102 valence electrons. The quantitative estimate of drug-likeness (QED) is 0.776. The molecule has 0 saturated carbocycles. The minimum Gasteiger partial charge on any atom is -0.355 e. The zero-order chi connectivity index (χ0) is 13.8. The van der Waals surface area contributed by atoms with E-state index in [1.54, 1.807) is 12.1 Å². The molecule has 0 spiro atoms. The highest BCUT2D eigenvalue weighted by Crippen LogP contribution is 2.25. The number of rotatable bonds is 5. The average molecular weight is 299 g/mol. The fourth-order valence-electron chi connectivity index (χ4n) is 2.02. The molecule has 19 heavy (non-hydrogen) atoms. The van der Waals surface area contributed by atoms with Gasteiger partial charge in [-0.15, -0.1) is 6.58 Å². The second kappa shape index (κ2) is 6.42. The van der Waals surface area contributed by atoms with Crippen LogP contribution in [0.2, 0.25) is 10.0 Å². The van der Waals surface area contributed by atoms with E-state index in [0.29, 0.717) is 16.7 Å². The topological polar surface area (TPSA) is 24.8 Å². The zero-order valence-corrected chi connectivity index (χ0v) is 12.3. The fraction of sp³-hybridized carbons (Fsp3) is 0.357. The number of nitrogens with zero attached hydrogens (tertiary/aromatic N) is 2. The van der Waals surface area contributed by atoms with Crippen molar-refractivity contribution in [1.29, 1.82) is 0 Å². The number of aliphatic imine (C=N–C) groups is 1. The van der Waals surface area contributed by atoms with Gasteiger partial charge in [0.1, 0.15) is 12.1 Å². The van der Waals surface area contributed by atoms with E-state index in [1.807, 2.05) is 19.1 Å². The van der Waals surface area contributed by atoms with E-state index in [1.165, 1.54) is 0 Å². The van der Waals surface area contributed by atoms with Crippen LogP contribution in [0.1, 0.15) is 12.5 Å². The summed E-state index contributed by atoms with van der Waals surface area (Å²) in [6, 6.07) is 5.44. The lowest BCUT2D eigenvalue weighted by Crippen LogP contribution is -2.38. The molecule has 1 aromatic rings. The van der Waals surface area contributed by atoms with Gasteiger partial charge in [0.25, 0.3) is 0 Å². The molecule has 1 unspecified atom stereocenters. The normalized spacial score (nSPS) is 16.4. The Balaban J connectivity index is 2.20. The van der Waals surface area contributed by atoms with Crippen LogP contribution in [0.5, 0.6) is 0 Å². The van der Waals surface area contributed by atoms with E-state index >= 15 is 0 Å². The van der Waals surface area contributed by atoms with Gasteiger partial charge < -0.3 is 9.64 Å². The van der Waals surface area contributed by atoms with Crippen LogP contribution in [0.4, 0.5) is 0 Å². The summed E-state index contributed by atoms with van der Waals surface area (Å²) in [4.78, 5) is 6.61. The van der Waals surface area contributed by atoms with Crippen molar-refractivity contribution in [3.63, 3.8) is 0 Å². The van der Waals surface area contributed by atoms with Crippen molar-refractivity contribution >= 4 is 29.0 Å². The van der Waals surface area contributed by atoms with Crippen molar-refractivity contribution in [2.24, 2.45) is 4.99 Å². The number of halogens is 2. The second-order valence-corrected chi connectivity index (χ2v) is 5.09. The number of ether oxygens (including phenoxy) is 1. The van der Waals surface area contributed by atoms with Gasteiger partial charge in [0.2, 0.25) is 0 Å². The molecule has 0 radical (unpaired) electrons. The smallest absolute Gasteiger partial charge is 0.134 e. The highest BCUT2D eigenvalue weighted by atomic mass is 35.5. The van der Waals surface area contributed by atoms with Crippen molar-refractivity contribution in [2.45, 2.75) is 13.2 Å². The SMILES string of the molecule is C=CCOC(C)N1CCN=C1c1ccc(Cl)cc1Cl. The Bertz CT molecular complexity index is 502. The molecule has 0 aromatic heterocycles. The Morgan fingerprint density at radius 1 is 1.53 bits per heavy atom. The summed E-state index contributed by atoms with van der Waals surface area (Å²) in [7, 11) is 0. The Kier molecular flexibility index (Phi) is 4.86. The van der Waals surface area contributed by atoms with Gasteiger partial charge in [-0.1, -0.05) is 29.3 Å². The first-order chi connectivity index (χ1) is 9.13. The molecule has 0 fully saturated rings. The predicted octanol–water partition coefficient (Wildman–Crippen LogP) is 3.60. The van der Waals surface area contributed by atoms with Gasteiger partial charge in [-0.25, -0.2) is 0 Å². The van der Waals surface area contributed by atoms with E-state index in [0.717, 1.165) is 24.5 Å². The highest BCUT2D eigenvalue weighted by molar-refractivity contribution is 6.37.